The van der Waals surface area contributed by atoms with Crippen LogP contribution in [0.2, 0.25) is 0 Å². The fraction of sp³-hybridized carbons (Fsp3) is 0.355. The fourth-order valence-electron chi connectivity index (χ4n) is 5.57. The van der Waals surface area contributed by atoms with Gasteiger partial charge in [0, 0.05) is 11.1 Å². The van der Waals surface area contributed by atoms with Gasteiger partial charge in [-0.1, -0.05) is 45.0 Å². The first-order valence-corrected chi connectivity index (χ1v) is 13.1. The first-order chi connectivity index (χ1) is 17.9. The molecule has 190 valence electrons. The van der Waals surface area contributed by atoms with Gasteiger partial charge in [-0.15, -0.1) is 0 Å². The predicted octanol–water partition coefficient (Wildman–Crippen LogP) is 4.60. The maximum absolute atomic E-state index is 6.15. The minimum absolute atomic E-state index is 0.0191. The van der Waals surface area contributed by atoms with Crippen LogP contribution in [-0.4, -0.2) is 29.5 Å². The van der Waals surface area contributed by atoms with Crippen LogP contribution in [0.3, 0.4) is 0 Å². The smallest absolute Gasteiger partial charge is 0.245 e. The minimum atomic E-state index is 0.0191. The predicted molar refractivity (Wildman–Crippen MR) is 145 cm³/mol. The van der Waals surface area contributed by atoms with Crippen LogP contribution in [0.4, 0.5) is 0 Å². The quantitative estimate of drug-likeness (QED) is 0.318. The molecule has 6 rings (SSSR count). The monoisotopic (exact) mass is 496 g/mol. The van der Waals surface area contributed by atoms with E-state index in [4.69, 9.17) is 9.47 Å². The SMILES string of the molecule is COc1c2cc(C(C)(C)C)cc1C[n+]1cn(c3ccccc31)CCOCCn1c[n+](c3ccccc31)C2. The van der Waals surface area contributed by atoms with Crippen LogP contribution in [-0.2, 0) is 36.3 Å². The number of hydrogen-bond donors (Lipinski definition) is 0. The molecule has 0 amide bonds. The lowest BCUT2D eigenvalue weighted by Crippen LogP contribution is -2.35. The van der Waals surface area contributed by atoms with E-state index in [1.165, 1.54) is 38.8 Å². The Morgan fingerprint density at radius 3 is 1.70 bits per heavy atom. The molecule has 0 fully saturated rings. The van der Waals surface area contributed by atoms with Crippen molar-refractivity contribution in [2.45, 2.75) is 52.4 Å². The lowest BCUT2D eigenvalue weighted by atomic mass is 9.84. The lowest BCUT2D eigenvalue weighted by Gasteiger charge is -2.23. The molecule has 3 aromatic carbocycles. The summed E-state index contributed by atoms with van der Waals surface area (Å²) in [4.78, 5) is 0. The molecular formula is C31H36N4O2+2. The summed E-state index contributed by atoms with van der Waals surface area (Å²) >= 11 is 0. The summed E-state index contributed by atoms with van der Waals surface area (Å²) in [7, 11) is 1.80. The third-order valence-corrected chi connectivity index (χ3v) is 7.51. The topological polar surface area (TPSA) is 36.1 Å². The zero-order valence-electron chi connectivity index (χ0n) is 22.3. The molecule has 6 nitrogen and oxygen atoms in total. The van der Waals surface area contributed by atoms with Gasteiger partial charge in [0.15, 0.2) is 22.1 Å². The summed E-state index contributed by atoms with van der Waals surface area (Å²) in [5, 5.41) is 0. The van der Waals surface area contributed by atoms with Crippen molar-refractivity contribution in [3.63, 3.8) is 0 Å². The molecule has 5 aromatic rings. The van der Waals surface area contributed by atoms with Crippen LogP contribution >= 0.6 is 0 Å². The van der Waals surface area contributed by atoms with E-state index in [0.29, 0.717) is 13.2 Å². The van der Waals surface area contributed by atoms with Gasteiger partial charge in [0.1, 0.15) is 31.9 Å². The van der Waals surface area contributed by atoms with Crippen LogP contribution in [0.25, 0.3) is 22.1 Å². The van der Waals surface area contributed by atoms with Crippen molar-refractivity contribution in [3.05, 3.63) is 90.0 Å². The zero-order chi connectivity index (χ0) is 25.6. The Morgan fingerprint density at radius 1 is 0.757 bits per heavy atom. The van der Waals surface area contributed by atoms with Gasteiger partial charge in [-0.3, -0.25) is 0 Å². The Kier molecular flexibility index (Phi) is 6.00. The molecule has 3 heterocycles. The second-order valence-corrected chi connectivity index (χ2v) is 11.0. The van der Waals surface area contributed by atoms with Crippen LogP contribution in [0.15, 0.2) is 73.3 Å². The third-order valence-electron chi connectivity index (χ3n) is 7.51. The number of fused-ring (bicyclic) bond motifs is 12. The highest BCUT2D eigenvalue weighted by atomic mass is 16.5. The van der Waals surface area contributed by atoms with E-state index < -0.39 is 0 Å². The molecule has 2 aromatic heterocycles. The molecule has 1 aliphatic heterocycles. The van der Waals surface area contributed by atoms with Gasteiger partial charge in [0.2, 0.25) is 12.7 Å². The first-order valence-electron chi connectivity index (χ1n) is 13.1. The highest BCUT2D eigenvalue weighted by molar-refractivity contribution is 5.72. The molecular weight excluding hydrogens is 460 g/mol. The summed E-state index contributed by atoms with van der Waals surface area (Å²) in [6, 6.07) is 21.9. The van der Waals surface area contributed by atoms with Gasteiger partial charge in [-0.25, -0.2) is 18.3 Å². The van der Waals surface area contributed by atoms with E-state index >= 15 is 0 Å². The maximum atomic E-state index is 6.15. The van der Waals surface area contributed by atoms with Crippen molar-refractivity contribution in [2.75, 3.05) is 20.3 Å². The highest BCUT2D eigenvalue weighted by Gasteiger charge is 2.25. The number of hydrogen-bond acceptors (Lipinski definition) is 2. The van der Waals surface area contributed by atoms with E-state index in [2.05, 4.69) is 112 Å². The van der Waals surface area contributed by atoms with E-state index in [1.807, 2.05) is 0 Å². The number of imidazole rings is 2. The number of rotatable bonds is 1. The van der Waals surface area contributed by atoms with Crippen molar-refractivity contribution in [1.82, 2.24) is 9.13 Å². The van der Waals surface area contributed by atoms with Gasteiger partial charge in [-0.05, 0) is 47.4 Å². The molecule has 0 atom stereocenters. The molecule has 0 unspecified atom stereocenters. The van der Waals surface area contributed by atoms with Crippen molar-refractivity contribution in [1.29, 1.82) is 0 Å². The minimum Gasteiger partial charge on any atom is -0.496 e. The number of ether oxygens (including phenoxy) is 2. The Bertz CT molecular complexity index is 1480. The van der Waals surface area contributed by atoms with Gasteiger partial charge in [0.05, 0.1) is 20.3 Å². The Morgan fingerprint density at radius 2 is 1.24 bits per heavy atom. The van der Waals surface area contributed by atoms with Crippen molar-refractivity contribution in [3.8, 4) is 5.75 Å². The second-order valence-electron chi connectivity index (χ2n) is 11.0. The molecule has 0 radical (unpaired) electrons. The van der Waals surface area contributed by atoms with Gasteiger partial charge < -0.3 is 9.47 Å². The number of benzene rings is 3. The van der Waals surface area contributed by atoms with Gasteiger partial charge >= 0.3 is 0 Å². The Balaban J connectivity index is 1.56. The summed E-state index contributed by atoms with van der Waals surface area (Å²) in [6.07, 6.45) is 4.45. The molecule has 0 N–H and O–H groups in total. The maximum Gasteiger partial charge on any atom is 0.245 e. The molecule has 0 spiro atoms. The summed E-state index contributed by atoms with van der Waals surface area (Å²) in [5.41, 5.74) is 8.61. The van der Waals surface area contributed by atoms with E-state index in [-0.39, 0.29) is 5.41 Å². The average molecular weight is 497 g/mol. The first kappa shape index (κ1) is 23.7. The van der Waals surface area contributed by atoms with E-state index in [0.717, 1.165) is 31.9 Å². The normalized spacial score (nSPS) is 14.8. The number of para-hydroxylation sites is 4. The molecule has 37 heavy (non-hydrogen) atoms. The Hall–Kier alpha value is -3.64. The van der Waals surface area contributed by atoms with E-state index in [9.17, 15) is 0 Å². The van der Waals surface area contributed by atoms with Gasteiger partial charge in [-0.2, -0.15) is 0 Å². The number of nitrogens with zero attached hydrogens (tertiary/aromatic N) is 4. The van der Waals surface area contributed by atoms with Gasteiger partial charge in [0.25, 0.3) is 0 Å². The van der Waals surface area contributed by atoms with Crippen molar-refractivity contribution >= 4 is 22.1 Å². The van der Waals surface area contributed by atoms with Crippen molar-refractivity contribution < 1.29 is 18.6 Å². The summed E-state index contributed by atoms with van der Waals surface area (Å²) < 4.78 is 21.6. The molecule has 0 saturated carbocycles. The summed E-state index contributed by atoms with van der Waals surface area (Å²) in [5.74, 6) is 0.970. The molecule has 6 heteroatoms. The number of methoxy groups -OCH3 is 1. The second kappa shape index (κ2) is 9.34. The third kappa shape index (κ3) is 4.40. The molecule has 0 aliphatic carbocycles. The largest absolute Gasteiger partial charge is 0.496 e. The molecule has 0 saturated heterocycles. The summed E-state index contributed by atoms with van der Waals surface area (Å²) in [6.45, 7) is 11.3. The standard InChI is InChI=1S/C31H36N4O2/c1-31(2,3)25-17-23-19-34-21-32(26-9-5-7-11-28(26)34)13-15-37-16-14-33-22-35(20-24(18-25)30(23)36-4)29-12-8-6-10-27(29)33/h5-12,17-18,21-22H,13-16,19-20H2,1-4H3/q+2. The lowest BCUT2D eigenvalue weighted by molar-refractivity contribution is -0.664. The van der Waals surface area contributed by atoms with E-state index in [1.54, 1.807) is 7.11 Å². The van der Waals surface area contributed by atoms with Crippen LogP contribution < -0.4 is 13.9 Å². The van der Waals surface area contributed by atoms with Crippen LogP contribution in [0.5, 0.6) is 5.75 Å². The molecule has 1 aliphatic rings. The molecule has 6 bridgehead atoms. The van der Waals surface area contributed by atoms with Crippen molar-refractivity contribution in [2.24, 2.45) is 0 Å². The zero-order valence-corrected chi connectivity index (χ0v) is 22.3. The fourth-order valence-corrected chi connectivity index (χ4v) is 5.57. The Labute approximate surface area is 218 Å². The number of aromatic nitrogens is 4. The van der Waals surface area contributed by atoms with Crippen LogP contribution in [0.1, 0.15) is 37.5 Å². The van der Waals surface area contributed by atoms with Crippen LogP contribution in [0, 0.1) is 0 Å². The average Bonchev–Trinajstić information content (AvgIpc) is 3.41. The highest BCUT2D eigenvalue weighted by Crippen LogP contribution is 2.32.